The summed E-state index contributed by atoms with van der Waals surface area (Å²) in [6.07, 6.45) is 0. The van der Waals surface area contributed by atoms with Crippen molar-refractivity contribution in [2.75, 3.05) is 12.4 Å². The Morgan fingerprint density at radius 1 is 1.30 bits per heavy atom. The molecule has 4 nitrogen and oxygen atoms in total. The second-order valence-electron chi connectivity index (χ2n) is 4.10. The van der Waals surface area contributed by atoms with Gasteiger partial charge in [0, 0.05) is 23.8 Å². The Kier molecular flexibility index (Phi) is 4.57. The molecule has 0 radical (unpaired) electrons. The molecule has 0 aliphatic rings. The number of nitro benzene ring substituents is 1. The van der Waals surface area contributed by atoms with Crippen LogP contribution in [0, 0.1) is 15.9 Å². The standard InChI is InChI=1S/C14H13FN2O2S/c1-16-13-6-5-10(7-14(13)17(18)19)9-20-12-4-2-3-11(15)8-12/h2-8,16H,9H2,1H3. The summed E-state index contributed by atoms with van der Waals surface area (Å²) in [6, 6.07) is 11.3. The first-order chi connectivity index (χ1) is 9.60. The van der Waals surface area contributed by atoms with Crippen LogP contribution in [0.25, 0.3) is 0 Å². The van der Waals surface area contributed by atoms with Crippen molar-refractivity contribution in [2.24, 2.45) is 0 Å². The van der Waals surface area contributed by atoms with Crippen LogP contribution < -0.4 is 5.32 Å². The maximum atomic E-state index is 13.1. The number of anilines is 1. The van der Waals surface area contributed by atoms with Gasteiger partial charge in [0.25, 0.3) is 5.69 Å². The van der Waals surface area contributed by atoms with Crippen LogP contribution in [0.2, 0.25) is 0 Å². The van der Waals surface area contributed by atoms with Crippen LogP contribution in [0.3, 0.4) is 0 Å². The van der Waals surface area contributed by atoms with Crippen molar-refractivity contribution in [3.8, 4) is 0 Å². The van der Waals surface area contributed by atoms with E-state index in [2.05, 4.69) is 5.32 Å². The van der Waals surface area contributed by atoms with Crippen LogP contribution in [0.1, 0.15) is 5.56 Å². The smallest absolute Gasteiger partial charge is 0.292 e. The first kappa shape index (κ1) is 14.3. The van der Waals surface area contributed by atoms with E-state index in [1.54, 1.807) is 19.2 Å². The van der Waals surface area contributed by atoms with Gasteiger partial charge in [-0.1, -0.05) is 12.1 Å². The molecule has 0 spiro atoms. The molecule has 2 aromatic carbocycles. The zero-order valence-corrected chi connectivity index (χ0v) is 11.6. The lowest BCUT2D eigenvalue weighted by molar-refractivity contribution is -0.384. The summed E-state index contributed by atoms with van der Waals surface area (Å²) < 4.78 is 13.1. The summed E-state index contributed by atoms with van der Waals surface area (Å²) >= 11 is 1.44. The molecule has 0 aliphatic carbocycles. The molecule has 0 amide bonds. The van der Waals surface area contributed by atoms with E-state index in [9.17, 15) is 14.5 Å². The third kappa shape index (κ3) is 3.48. The summed E-state index contributed by atoms with van der Waals surface area (Å²) in [4.78, 5) is 11.3. The lowest BCUT2D eigenvalue weighted by Crippen LogP contribution is -1.97. The average molecular weight is 292 g/mol. The van der Waals surface area contributed by atoms with E-state index < -0.39 is 4.92 Å². The molecule has 6 heteroatoms. The van der Waals surface area contributed by atoms with Gasteiger partial charge < -0.3 is 5.32 Å². The highest BCUT2D eigenvalue weighted by Gasteiger charge is 2.13. The van der Waals surface area contributed by atoms with Crippen LogP contribution in [-0.2, 0) is 5.75 Å². The summed E-state index contributed by atoms with van der Waals surface area (Å²) in [5.74, 6) is 0.264. The van der Waals surface area contributed by atoms with E-state index in [1.165, 1.54) is 30.0 Å². The fourth-order valence-corrected chi connectivity index (χ4v) is 2.64. The largest absolute Gasteiger partial charge is 0.383 e. The Balaban J connectivity index is 2.14. The van der Waals surface area contributed by atoms with Crippen LogP contribution in [-0.4, -0.2) is 12.0 Å². The zero-order valence-electron chi connectivity index (χ0n) is 10.8. The fraction of sp³-hybridized carbons (Fsp3) is 0.143. The molecule has 20 heavy (non-hydrogen) atoms. The third-order valence-electron chi connectivity index (χ3n) is 2.73. The van der Waals surface area contributed by atoms with E-state index in [0.717, 1.165) is 10.5 Å². The Bertz CT molecular complexity index is 634. The van der Waals surface area contributed by atoms with Gasteiger partial charge in [0.2, 0.25) is 0 Å². The van der Waals surface area contributed by atoms with Crippen molar-refractivity contribution in [3.63, 3.8) is 0 Å². The number of nitrogens with one attached hydrogen (secondary N) is 1. The minimum atomic E-state index is -0.414. The highest BCUT2D eigenvalue weighted by molar-refractivity contribution is 7.98. The van der Waals surface area contributed by atoms with Gasteiger partial charge in [-0.2, -0.15) is 0 Å². The highest BCUT2D eigenvalue weighted by atomic mass is 32.2. The highest BCUT2D eigenvalue weighted by Crippen LogP contribution is 2.29. The number of nitro groups is 1. The second kappa shape index (κ2) is 6.38. The van der Waals surface area contributed by atoms with Crippen molar-refractivity contribution in [3.05, 3.63) is 64.0 Å². The van der Waals surface area contributed by atoms with Crippen LogP contribution in [0.15, 0.2) is 47.4 Å². The lowest BCUT2D eigenvalue weighted by Gasteiger charge is -2.05. The molecule has 0 aliphatic heterocycles. The molecule has 0 aromatic heterocycles. The molecule has 2 rings (SSSR count). The first-order valence-electron chi connectivity index (χ1n) is 5.93. The topological polar surface area (TPSA) is 55.2 Å². The lowest BCUT2D eigenvalue weighted by atomic mass is 10.2. The Morgan fingerprint density at radius 2 is 2.10 bits per heavy atom. The van der Waals surface area contributed by atoms with Gasteiger partial charge in [-0.05, 0) is 29.8 Å². The third-order valence-corrected chi connectivity index (χ3v) is 3.79. The number of nitrogens with zero attached hydrogens (tertiary/aromatic N) is 1. The van der Waals surface area contributed by atoms with Gasteiger partial charge in [-0.3, -0.25) is 10.1 Å². The van der Waals surface area contributed by atoms with E-state index in [0.29, 0.717) is 11.4 Å². The Morgan fingerprint density at radius 3 is 2.75 bits per heavy atom. The minimum Gasteiger partial charge on any atom is -0.383 e. The molecule has 0 saturated heterocycles. The molecule has 0 atom stereocenters. The van der Waals surface area contributed by atoms with Crippen LogP contribution in [0.4, 0.5) is 15.8 Å². The van der Waals surface area contributed by atoms with E-state index in [-0.39, 0.29) is 11.5 Å². The predicted octanol–water partition coefficient (Wildman–Crippen LogP) is 4.07. The Labute approximate surface area is 120 Å². The molecular formula is C14H13FN2O2S. The van der Waals surface area contributed by atoms with Gasteiger partial charge in [0.05, 0.1) is 4.92 Å². The van der Waals surface area contributed by atoms with Crippen molar-refractivity contribution in [1.82, 2.24) is 0 Å². The minimum absolute atomic E-state index is 0.0462. The fourth-order valence-electron chi connectivity index (χ4n) is 1.75. The van der Waals surface area contributed by atoms with Gasteiger partial charge in [0.15, 0.2) is 0 Å². The molecule has 0 fully saturated rings. The van der Waals surface area contributed by atoms with E-state index in [1.807, 2.05) is 12.1 Å². The zero-order chi connectivity index (χ0) is 14.5. The molecule has 2 aromatic rings. The van der Waals surface area contributed by atoms with Crippen LogP contribution >= 0.6 is 11.8 Å². The van der Waals surface area contributed by atoms with Crippen molar-refractivity contribution < 1.29 is 9.31 Å². The van der Waals surface area contributed by atoms with Crippen LogP contribution in [0.5, 0.6) is 0 Å². The van der Waals surface area contributed by atoms with Crippen molar-refractivity contribution in [2.45, 2.75) is 10.6 Å². The molecule has 0 unspecified atom stereocenters. The quantitative estimate of drug-likeness (QED) is 0.513. The van der Waals surface area contributed by atoms with E-state index in [4.69, 9.17) is 0 Å². The van der Waals surface area contributed by atoms with Gasteiger partial charge in [0.1, 0.15) is 11.5 Å². The van der Waals surface area contributed by atoms with Gasteiger partial charge in [-0.15, -0.1) is 11.8 Å². The summed E-state index contributed by atoms with van der Waals surface area (Å²) in [5, 5.41) is 13.7. The number of benzene rings is 2. The molecular weight excluding hydrogens is 279 g/mol. The monoisotopic (exact) mass is 292 g/mol. The van der Waals surface area contributed by atoms with E-state index >= 15 is 0 Å². The number of hydrogen-bond acceptors (Lipinski definition) is 4. The molecule has 0 bridgehead atoms. The normalized spacial score (nSPS) is 10.3. The Hall–Kier alpha value is -2.08. The molecule has 0 heterocycles. The van der Waals surface area contributed by atoms with Gasteiger partial charge in [-0.25, -0.2) is 4.39 Å². The van der Waals surface area contributed by atoms with Crippen molar-refractivity contribution >= 4 is 23.1 Å². The molecule has 104 valence electrons. The SMILES string of the molecule is CNc1ccc(CSc2cccc(F)c2)cc1[N+](=O)[O-]. The number of hydrogen-bond donors (Lipinski definition) is 1. The number of rotatable bonds is 5. The second-order valence-corrected chi connectivity index (χ2v) is 5.15. The first-order valence-corrected chi connectivity index (χ1v) is 6.92. The van der Waals surface area contributed by atoms with Gasteiger partial charge >= 0.3 is 0 Å². The molecule has 0 saturated carbocycles. The number of thioether (sulfide) groups is 1. The average Bonchev–Trinajstić information content (AvgIpc) is 2.45. The van der Waals surface area contributed by atoms with Crippen molar-refractivity contribution in [1.29, 1.82) is 0 Å². The summed E-state index contributed by atoms with van der Waals surface area (Å²) in [5.41, 5.74) is 1.35. The maximum absolute atomic E-state index is 13.1. The maximum Gasteiger partial charge on any atom is 0.292 e. The number of halogens is 1. The summed E-state index contributed by atoms with van der Waals surface area (Å²) in [7, 11) is 1.64. The predicted molar refractivity (Wildman–Crippen MR) is 78.6 cm³/mol. The molecule has 1 N–H and O–H groups in total. The summed E-state index contributed by atoms with van der Waals surface area (Å²) in [6.45, 7) is 0.